The molecule has 13 heteroatoms. The van der Waals surface area contributed by atoms with E-state index in [0.717, 1.165) is 36.2 Å². The van der Waals surface area contributed by atoms with Crippen molar-refractivity contribution >= 4 is 71.9 Å². The van der Waals surface area contributed by atoms with Crippen LogP contribution in [0.3, 0.4) is 0 Å². The molecule has 8 nitrogen and oxygen atoms in total. The van der Waals surface area contributed by atoms with Crippen LogP contribution in [0.5, 0.6) is 0 Å². The SMILES string of the molecule is CCCCCCCCCCCCCCCC(=O)NCc1ccc(S(=O)(=O)Nc2cc(Cl)c(Cl)cc2NS(=O)(=O)c2cccs2)cc1. The summed E-state index contributed by atoms with van der Waals surface area (Å²) < 4.78 is 56.8. The Hall–Kier alpha value is -2.31. The number of benzene rings is 2. The number of hydrogen-bond donors (Lipinski definition) is 3. The van der Waals surface area contributed by atoms with E-state index in [0.29, 0.717) is 6.42 Å². The van der Waals surface area contributed by atoms with Gasteiger partial charge in [0, 0.05) is 13.0 Å². The second kappa shape index (κ2) is 19.5. The fraction of sp³-hybridized carbons (Fsp3) is 0.485. The lowest BCUT2D eigenvalue weighted by atomic mass is 10.0. The summed E-state index contributed by atoms with van der Waals surface area (Å²) in [6.07, 6.45) is 16.7. The van der Waals surface area contributed by atoms with Crippen molar-refractivity contribution in [2.45, 2.75) is 112 Å². The number of amides is 1. The summed E-state index contributed by atoms with van der Waals surface area (Å²) in [5.74, 6) is -0.0291. The third-order valence-corrected chi connectivity index (χ3v) is 12.4. The number of hydrogen-bond acceptors (Lipinski definition) is 6. The van der Waals surface area contributed by atoms with Crippen molar-refractivity contribution in [1.82, 2.24) is 5.32 Å². The fourth-order valence-electron chi connectivity index (χ4n) is 4.91. The zero-order valence-electron chi connectivity index (χ0n) is 26.3. The molecular formula is C33H45Cl2N3O5S3. The summed E-state index contributed by atoms with van der Waals surface area (Å²) in [5.41, 5.74) is 0.588. The van der Waals surface area contributed by atoms with Crippen molar-refractivity contribution < 1.29 is 21.6 Å². The van der Waals surface area contributed by atoms with E-state index in [1.54, 1.807) is 23.6 Å². The highest BCUT2D eigenvalue weighted by molar-refractivity contribution is 7.94. The minimum absolute atomic E-state index is 0.0291. The van der Waals surface area contributed by atoms with Crippen LogP contribution in [0.15, 0.2) is 63.0 Å². The Labute approximate surface area is 288 Å². The van der Waals surface area contributed by atoms with Crippen molar-refractivity contribution in [2.75, 3.05) is 9.44 Å². The van der Waals surface area contributed by atoms with Crippen molar-refractivity contribution in [3.63, 3.8) is 0 Å². The molecule has 2 aromatic carbocycles. The van der Waals surface area contributed by atoms with Crippen LogP contribution < -0.4 is 14.8 Å². The first-order chi connectivity index (χ1) is 22.0. The first kappa shape index (κ1) is 38.1. The van der Waals surface area contributed by atoms with E-state index < -0.39 is 20.0 Å². The third kappa shape index (κ3) is 13.1. The average molecular weight is 731 g/mol. The number of halogens is 2. The Kier molecular flexibility index (Phi) is 16.2. The largest absolute Gasteiger partial charge is 0.352 e. The van der Waals surface area contributed by atoms with Gasteiger partial charge in [-0.2, -0.15) is 0 Å². The number of thiophene rings is 1. The van der Waals surface area contributed by atoms with Crippen LogP contribution in [0.1, 0.15) is 102 Å². The Morgan fingerprint density at radius 1 is 0.696 bits per heavy atom. The predicted octanol–water partition coefficient (Wildman–Crippen LogP) is 9.75. The maximum absolute atomic E-state index is 13.2. The van der Waals surface area contributed by atoms with Gasteiger partial charge in [-0.05, 0) is 47.7 Å². The summed E-state index contributed by atoms with van der Waals surface area (Å²) >= 11 is 13.2. The number of sulfonamides is 2. The van der Waals surface area contributed by atoms with Gasteiger partial charge in [0.25, 0.3) is 20.0 Å². The highest BCUT2D eigenvalue weighted by Gasteiger charge is 2.22. The number of unbranched alkanes of at least 4 members (excludes halogenated alkanes) is 12. The molecule has 1 heterocycles. The smallest absolute Gasteiger partial charge is 0.271 e. The molecule has 0 bridgehead atoms. The van der Waals surface area contributed by atoms with E-state index in [2.05, 4.69) is 21.7 Å². The predicted molar refractivity (Wildman–Crippen MR) is 191 cm³/mol. The van der Waals surface area contributed by atoms with Crippen molar-refractivity contribution in [3.8, 4) is 0 Å². The van der Waals surface area contributed by atoms with Gasteiger partial charge in [-0.1, -0.05) is 125 Å². The van der Waals surface area contributed by atoms with Gasteiger partial charge in [0.15, 0.2) is 0 Å². The molecule has 0 saturated carbocycles. The van der Waals surface area contributed by atoms with Gasteiger partial charge in [0.1, 0.15) is 4.21 Å². The zero-order chi connectivity index (χ0) is 33.4. The molecule has 3 N–H and O–H groups in total. The maximum atomic E-state index is 13.2. The summed E-state index contributed by atoms with van der Waals surface area (Å²) in [7, 11) is -8.11. The van der Waals surface area contributed by atoms with Crippen LogP contribution in [-0.2, 0) is 31.4 Å². The van der Waals surface area contributed by atoms with Crippen LogP contribution in [0.4, 0.5) is 11.4 Å². The molecule has 1 aromatic heterocycles. The molecular weight excluding hydrogens is 685 g/mol. The summed E-state index contributed by atoms with van der Waals surface area (Å²) in [6.45, 7) is 2.53. The molecule has 0 unspecified atom stereocenters. The molecule has 3 aromatic rings. The van der Waals surface area contributed by atoms with E-state index in [1.807, 2.05) is 0 Å². The zero-order valence-corrected chi connectivity index (χ0v) is 30.3. The molecule has 46 heavy (non-hydrogen) atoms. The third-order valence-electron chi connectivity index (χ3n) is 7.54. The van der Waals surface area contributed by atoms with Crippen LogP contribution in [0, 0.1) is 0 Å². The van der Waals surface area contributed by atoms with Gasteiger partial charge < -0.3 is 5.32 Å². The second-order valence-corrected chi connectivity index (χ2v) is 16.7. The Balaban J connectivity index is 1.41. The molecule has 0 radical (unpaired) electrons. The minimum atomic E-state index is -4.13. The highest BCUT2D eigenvalue weighted by atomic mass is 35.5. The molecule has 0 aliphatic rings. The average Bonchev–Trinajstić information content (AvgIpc) is 3.58. The van der Waals surface area contributed by atoms with E-state index in [4.69, 9.17) is 23.2 Å². The van der Waals surface area contributed by atoms with E-state index in [1.165, 1.54) is 94.5 Å². The van der Waals surface area contributed by atoms with E-state index in [9.17, 15) is 21.6 Å². The Morgan fingerprint density at radius 3 is 1.70 bits per heavy atom. The molecule has 0 spiro atoms. The number of nitrogens with one attached hydrogen (secondary N) is 3. The summed E-state index contributed by atoms with van der Waals surface area (Å²) in [4.78, 5) is 12.3. The quantitative estimate of drug-likeness (QED) is 0.0889. The van der Waals surface area contributed by atoms with Crippen LogP contribution in [-0.4, -0.2) is 22.7 Å². The minimum Gasteiger partial charge on any atom is -0.352 e. The lowest BCUT2D eigenvalue weighted by Gasteiger charge is -2.15. The summed E-state index contributed by atoms with van der Waals surface area (Å²) in [5, 5.41) is 4.61. The molecule has 3 rings (SSSR count). The number of carbonyl (C=O) groups excluding carboxylic acids is 1. The molecule has 254 valence electrons. The normalized spacial score (nSPS) is 11.8. The lowest BCUT2D eigenvalue weighted by Crippen LogP contribution is -2.22. The fourth-order valence-corrected chi connectivity index (χ4v) is 8.37. The van der Waals surface area contributed by atoms with Crippen molar-refractivity contribution in [3.05, 3.63) is 69.5 Å². The standard InChI is InChI=1S/C33H45Cl2N3O5S3/c1-2-3-4-5-6-7-8-9-10-11-12-13-14-16-32(39)36-25-26-18-20-27(21-19-26)45(40,41)37-30-23-28(34)29(35)24-31(30)38-46(42,43)33-17-15-22-44-33/h15,17-24,37-38H,2-14,16,25H2,1H3,(H,36,39). The number of anilines is 2. The maximum Gasteiger partial charge on any atom is 0.271 e. The van der Waals surface area contributed by atoms with Gasteiger partial charge in [-0.3, -0.25) is 14.2 Å². The lowest BCUT2D eigenvalue weighted by molar-refractivity contribution is -0.121. The summed E-state index contributed by atoms with van der Waals surface area (Å²) in [6, 6.07) is 11.6. The molecule has 0 aliphatic carbocycles. The van der Waals surface area contributed by atoms with E-state index >= 15 is 0 Å². The highest BCUT2D eigenvalue weighted by Crippen LogP contribution is 2.35. The Bertz CT molecular complexity index is 1580. The van der Waals surface area contributed by atoms with Crippen LogP contribution >= 0.6 is 34.5 Å². The first-order valence-corrected chi connectivity index (χ1v) is 20.6. The molecule has 0 saturated heterocycles. The molecule has 0 fully saturated rings. The van der Waals surface area contributed by atoms with E-state index in [-0.39, 0.29) is 43.0 Å². The van der Waals surface area contributed by atoms with Crippen LogP contribution in [0.25, 0.3) is 0 Å². The topological polar surface area (TPSA) is 121 Å². The van der Waals surface area contributed by atoms with Crippen LogP contribution in [0.2, 0.25) is 10.0 Å². The van der Waals surface area contributed by atoms with Crippen molar-refractivity contribution in [1.29, 1.82) is 0 Å². The molecule has 0 aliphatic heterocycles. The van der Waals surface area contributed by atoms with Crippen molar-refractivity contribution in [2.24, 2.45) is 0 Å². The van der Waals surface area contributed by atoms with Gasteiger partial charge in [-0.25, -0.2) is 16.8 Å². The number of rotatable bonds is 22. The van der Waals surface area contributed by atoms with Gasteiger partial charge in [-0.15, -0.1) is 11.3 Å². The Morgan fingerprint density at radius 2 is 1.20 bits per heavy atom. The van der Waals surface area contributed by atoms with Gasteiger partial charge in [0.05, 0.1) is 26.3 Å². The molecule has 1 amide bonds. The first-order valence-electron chi connectivity index (χ1n) is 16.0. The van der Waals surface area contributed by atoms with Gasteiger partial charge in [0.2, 0.25) is 5.91 Å². The number of carbonyl (C=O) groups is 1. The van der Waals surface area contributed by atoms with Gasteiger partial charge >= 0.3 is 0 Å². The molecule has 0 atom stereocenters. The monoisotopic (exact) mass is 729 g/mol. The second-order valence-electron chi connectivity index (χ2n) is 11.4.